The fourth-order valence-corrected chi connectivity index (χ4v) is 2.43. The third-order valence-electron chi connectivity index (χ3n) is 3.23. The normalized spacial score (nSPS) is 12.8. The summed E-state index contributed by atoms with van der Waals surface area (Å²) in [6, 6.07) is 4.36. The maximum Gasteiger partial charge on any atom is 0.258 e. The van der Waals surface area contributed by atoms with Crippen molar-refractivity contribution >= 4 is 26.7 Å². The van der Waals surface area contributed by atoms with Crippen LogP contribution in [0.15, 0.2) is 33.7 Å². The van der Waals surface area contributed by atoms with Crippen molar-refractivity contribution in [1.29, 1.82) is 0 Å². The van der Waals surface area contributed by atoms with Crippen LogP contribution in [0.25, 0.3) is 10.8 Å². The molecule has 2 aromatic rings. The minimum atomic E-state index is -0.449. The second-order valence-electron chi connectivity index (χ2n) is 4.75. The molecule has 0 bridgehead atoms. The third-order valence-corrected chi connectivity index (χ3v) is 3.83. The van der Waals surface area contributed by atoms with Crippen molar-refractivity contribution < 1.29 is 9.50 Å². The summed E-state index contributed by atoms with van der Waals surface area (Å²) >= 11 is 3.10. The van der Waals surface area contributed by atoms with Gasteiger partial charge in [0.15, 0.2) is 0 Å². The highest BCUT2D eigenvalue weighted by Gasteiger charge is 2.08. The first kappa shape index (κ1) is 15.2. The Balaban J connectivity index is 2.25. The van der Waals surface area contributed by atoms with E-state index in [1.807, 2.05) is 0 Å². The molecular formula is C14H16BrFN2O2. The first-order chi connectivity index (χ1) is 9.52. The summed E-state index contributed by atoms with van der Waals surface area (Å²) < 4.78 is 15.4. The Labute approximate surface area is 124 Å². The van der Waals surface area contributed by atoms with E-state index in [-0.39, 0.29) is 18.2 Å². The van der Waals surface area contributed by atoms with E-state index in [4.69, 9.17) is 10.8 Å². The molecule has 0 aliphatic carbocycles. The van der Waals surface area contributed by atoms with Crippen molar-refractivity contribution in [3.63, 3.8) is 0 Å². The lowest BCUT2D eigenvalue weighted by Crippen LogP contribution is -2.26. The highest BCUT2D eigenvalue weighted by atomic mass is 79.9. The van der Waals surface area contributed by atoms with Crippen molar-refractivity contribution in [2.75, 3.05) is 6.61 Å². The second kappa shape index (κ2) is 6.47. The van der Waals surface area contributed by atoms with E-state index in [1.165, 1.54) is 6.07 Å². The average molecular weight is 343 g/mol. The van der Waals surface area contributed by atoms with Crippen LogP contribution >= 0.6 is 15.9 Å². The molecule has 0 radical (unpaired) electrons. The maximum absolute atomic E-state index is 13.5. The molecular weight excluding hydrogens is 327 g/mol. The predicted octanol–water partition coefficient (Wildman–Crippen LogP) is 2.00. The second-order valence-corrected chi connectivity index (χ2v) is 5.61. The van der Waals surface area contributed by atoms with Gasteiger partial charge in [0.05, 0.1) is 16.5 Å². The van der Waals surface area contributed by atoms with Gasteiger partial charge in [0, 0.05) is 18.8 Å². The van der Waals surface area contributed by atoms with Crippen LogP contribution in [0.1, 0.15) is 12.8 Å². The molecule has 4 nitrogen and oxygen atoms in total. The van der Waals surface area contributed by atoms with Gasteiger partial charge in [-0.15, -0.1) is 0 Å². The van der Waals surface area contributed by atoms with Gasteiger partial charge in [0.1, 0.15) is 5.82 Å². The number of rotatable bonds is 5. The Hall–Kier alpha value is -1.24. The Morgan fingerprint density at radius 1 is 1.45 bits per heavy atom. The summed E-state index contributed by atoms with van der Waals surface area (Å²) in [6.45, 7) is 0.437. The number of aliphatic hydroxyl groups is 1. The largest absolute Gasteiger partial charge is 0.395 e. The number of hydrogen-bond donors (Lipinski definition) is 2. The van der Waals surface area contributed by atoms with Gasteiger partial charge in [-0.1, -0.05) is 0 Å². The molecule has 0 amide bonds. The number of benzene rings is 1. The molecule has 0 fully saturated rings. The molecule has 0 saturated carbocycles. The minimum Gasteiger partial charge on any atom is -0.395 e. The standard InChI is InChI=1S/C14H16BrFN2O2/c15-12-6-9-3-5-18(4-1-2-10(17)8-19)14(20)11(9)7-13(12)16/h3,5-7,10,19H,1-2,4,8,17H2. The summed E-state index contributed by atoms with van der Waals surface area (Å²) in [4.78, 5) is 12.2. The molecule has 1 aromatic heterocycles. The molecule has 108 valence electrons. The lowest BCUT2D eigenvalue weighted by atomic mass is 10.1. The number of fused-ring (bicyclic) bond motifs is 1. The fourth-order valence-electron chi connectivity index (χ4n) is 2.07. The van der Waals surface area contributed by atoms with Crippen molar-refractivity contribution in [1.82, 2.24) is 4.57 Å². The number of pyridine rings is 1. The molecule has 6 heteroatoms. The van der Waals surface area contributed by atoms with Gasteiger partial charge in [0.2, 0.25) is 0 Å². The molecule has 1 unspecified atom stereocenters. The quantitative estimate of drug-likeness (QED) is 0.873. The van der Waals surface area contributed by atoms with Gasteiger partial charge < -0.3 is 15.4 Å². The number of aromatic nitrogens is 1. The average Bonchev–Trinajstić information content (AvgIpc) is 2.43. The molecule has 3 N–H and O–H groups in total. The van der Waals surface area contributed by atoms with Crippen LogP contribution in [-0.4, -0.2) is 22.3 Å². The van der Waals surface area contributed by atoms with Crippen LogP contribution in [0.2, 0.25) is 0 Å². The zero-order valence-electron chi connectivity index (χ0n) is 10.9. The number of nitrogens with zero attached hydrogens (tertiary/aromatic N) is 1. The van der Waals surface area contributed by atoms with Crippen LogP contribution in [-0.2, 0) is 6.54 Å². The van der Waals surface area contributed by atoms with Crippen molar-refractivity contribution in [3.05, 3.63) is 45.0 Å². The first-order valence-corrected chi connectivity index (χ1v) is 7.17. The SMILES string of the molecule is NC(CO)CCCn1ccc2cc(Br)c(F)cc2c1=O. The van der Waals surface area contributed by atoms with Crippen LogP contribution in [0.4, 0.5) is 4.39 Å². The Bertz CT molecular complexity index is 672. The van der Waals surface area contributed by atoms with Crippen molar-refractivity contribution in [2.24, 2.45) is 5.73 Å². The molecule has 0 aliphatic rings. The van der Waals surface area contributed by atoms with Gasteiger partial charge in [-0.2, -0.15) is 0 Å². The smallest absolute Gasteiger partial charge is 0.258 e. The van der Waals surface area contributed by atoms with Gasteiger partial charge in [-0.3, -0.25) is 4.79 Å². The third kappa shape index (κ3) is 3.26. The molecule has 20 heavy (non-hydrogen) atoms. The van der Waals surface area contributed by atoms with Crippen molar-refractivity contribution in [2.45, 2.75) is 25.4 Å². The molecule has 0 aliphatic heterocycles. The molecule has 2 rings (SSSR count). The lowest BCUT2D eigenvalue weighted by Gasteiger charge is -2.10. The van der Waals surface area contributed by atoms with Crippen LogP contribution < -0.4 is 11.3 Å². The number of aliphatic hydroxyl groups excluding tert-OH is 1. The van der Waals surface area contributed by atoms with Crippen LogP contribution in [0, 0.1) is 5.82 Å². The van der Waals surface area contributed by atoms with E-state index >= 15 is 0 Å². The number of nitrogens with two attached hydrogens (primary N) is 1. The highest BCUT2D eigenvalue weighted by Crippen LogP contribution is 2.21. The van der Waals surface area contributed by atoms with Gasteiger partial charge in [0.25, 0.3) is 5.56 Å². The summed E-state index contributed by atoms with van der Waals surface area (Å²) in [6.07, 6.45) is 3.02. The molecule has 1 atom stereocenters. The summed E-state index contributed by atoms with van der Waals surface area (Å²) in [5, 5.41) is 9.91. The van der Waals surface area contributed by atoms with E-state index in [9.17, 15) is 9.18 Å². The van der Waals surface area contributed by atoms with E-state index in [1.54, 1.807) is 22.9 Å². The maximum atomic E-state index is 13.5. The summed E-state index contributed by atoms with van der Waals surface area (Å²) in [5.74, 6) is -0.449. The zero-order chi connectivity index (χ0) is 14.7. The Morgan fingerprint density at radius 3 is 2.90 bits per heavy atom. The first-order valence-electron chi connectivity index (χ1n) is 6.37. The van der Waals surface area contributed by atoms with E-state index in [0.717, 1.165) is 0 Å². The molecule has 0 spiro atoms. The van der Waals surface area contributed by atoms with Crippen LogP contribution in [0.5, 0.6) is 0 Å². The Kier molecular flexibility index (Phi) is 4.91. The molecule has 0 saturated heterocycles. The molecule has 1 aromatic carbocycles. The number of hydrogen-bond acceptors (Lipinski definition) is 3. The highest BCUT2D eigenvalue weighted by molar-refractivity contribution is 9.10. The minimum absolute atomic E-state index is 0.0636. The summed E-state index contributed by atoms with van der Waals surface area (Å²) in [7, 11) is 0. The van der Waals surface area contributed by atoms with Gasteiger partial charge in [-0.05, 0) is 52.4 Å². The predicted molar refractivity (Wildman–Crippen MR) is 80.2 cm³/mol. The van der Waals surface area contributed by atoms with Gasteiger partial charge in [-0.25, -0.2) is 4.39 Å². The Morgan fingerprint density at radius 2 is 2.20 bits per heavy atom. The molecule has 1 heterocycles. The number of aryl methyl sites for hydroxylation is 1. The zero-order valence-corrected chi connectivity index (χ0v) is 12.4. The fraction of sp³-hybridized carbons (Fsp3) is 0.357. The van der Waals surface area contributed by atoms with E-state index < -0.39 is 5.82 Å². The van der Waals surface area contributed by atoms with Crippen LogP contribution in [0.3, 0.4) is 0 Å². The summed E-state index contributed by atoms with van der Waals surface area (Å²) in [5.41, 5.74) is 5.39. The van der Waals surface area contributed by atoms with E-state index in [2.05, 4.69) is 15.9 Å². The lowest BCUT2D eigenvalue weighted by molar-refractivity contribution is 0.257. The topological polar surface area (TPSA) is 68.2 Å². The van der Waals surface area contributed by atoms with Gasteiger partial charge >= 0.3 is 0 Å². The van der Waals surface area contributed by atoms with Crippen molar-refractivity contribution in [3.8, 4) is 0 Å². The monoisotopic (exact) mass is 342 g/mol. The number of halogens is 2. The van der Waals surface area contributed by atoms with E-state index in [0.29, 0.717) is 34.6 Å².